The fraction of sp³-hybridized carbons (Fsp3) is 0.554. The van der Waals surface area contributed by atoms with E-state index in [4.69, 9.17) is 22.9 Å². The van der Waals surface area contributed by atoms with Crippen LogP contribution < -0.4 is 86.7 Å². The van der Waals surface area contributed by atoms with Gasteiger partial charge in [-0.15, -0.1) is 0 Å². The summed E-state index contributed by atoms with van der Waals surface area (Å²) in [5.74, 6) is -17.8. The molecule has 0 radical (unpaired) electrons. The van der Waals surface area contributed by atoms with E-state index in [-0.39, 0.29) is 57.7 Å². The van der Waals surface area contributed by atoms with Crippen molar-refractivity contribution < 1.29 is 92.3 Å². The molecule has 0 aliphatic heterocycles. The van der Waals surface area contributed by atoms with Crippen LogP contribution in [0.15, 0.2) is 60.8 Å². The fourth-order valence-electron chi connectivity index (χ4n) is 10.0. The normalized spacial score (nSPS) is 15.1. The molecule has 12 amide bonds. The minimum absolute atomic E-state index is 0.0631. The van der Waals surface area contributed by atoms with Crippen molar-refractivity contribution in [2.75, 3.05) is 32.8 Å². The van der Waals surface area contributed by atoms with Gasteiger partial charge in [-0.2, -0.15) is 0 Å². The molecule has 0 aliphatic rings. The number of H-pyrrole nitrogens is 1. The summed E-state index contributed by atoms with van der Waals surface area (Å²) < 4.78 is 0. The molecule has 1 heterocycles. The van der Waals surface area contributed by atoms with Crippen LogP contribution in [0.3, 0.4) is 0 Å². The van der Waals surface area contributed by atoms with Crippen molar-refractivity contribution in [3.63, 3.8) is 0 Å². The van der Waals surface area contributed by atoms with E-state index in [0.29, 0.717) is 28.5 Å². The Bertz CT molecular complexity index is 3350. The van der Waals surface area contributed by atoms with Gasteiger partial charge in [0.25, 0.3) is 0 Å². The zero-order chi connectivity index (χ0) is 75.8. The molecule has 0 saturated heterocycles. The molecule has 13 atom stereocenters. The number of aromatic nitrogens is 1. The summed E-state index contributed by atoms with van der Waals surface area (Å²) in [6.45, 7) is 8.48. The number of carboxylic acids is 3. The van der Waals surface area contributed by atoms with Crippen LogP contribution in [0, 0.1) is 17.8 Å². The summed E-state index contributed by atoms with van der Waals surface area (Å²) in [5, 5.41) is 69.1. The van der Waals surface area contributed by atoms with Crippen LogP contribution in [0.2, 0.25) is 0 Å². The predicted octanol–water partition coefficient (Wildman–Crippen LogP) is -5.43. The maximum atomic E-state index is 14.5. The van der Waals surface area contributed by atoms with Crippen LogP contribution in [0.25, 0.3) is 10.9 Å². The summed E-state index contributed by atoms with van der Waals surface area (Å²) in [5.41, 5.74) is 24.9. The summed E-state index contributed by atoms with van der Waals surface area (Å²) in [4.78, 5) is 205. The second-order valence-electron chi connectivity index (χ2n) is 24.9. The summed E-state index contributed by atoms with van der Waals surface area (Å²) in [6.07, 6.45) is -1.75. The first-order chi connectivity index (χ1) is 47.7. The molecule has 0 spiro atoms. The topological polar surface area (TPSA) is 601 Å². The average molecular weight is 1420 g/mol. The van der Waals surface area contributed by atoms with Crippen LogP contribution in [0.1, 0.15) is 105 Å². The van der Waals surface area contributed by atoms with Gasteiger partial charge in [0.1, 0.15) is 66.5 Å². The van der Waals surface area contributed by atoms with Crippen molar-refractivity contribution in [3.05, 3.63) is 71.9 Å². The maximum absolute atomic E-state index is 14.5. The van der Waals surface area contributed by atoms with Crippen LogP contribution in [0.5, 0.6) is 0 Å². The zero-order valence-corrected chi connectivity index (χ0v) is 57.6. The first-order valence-corrected chi connectivity index (χ1v) is 33.0. The number of hydrogen-bond donors (Lipinski definition) is 21. The van der Waals surface area contributed by atoms with E-state index in [1.165, 1.54) is 13.1 Å². The Hall–Kier alpha value is -10.2. The number of hydrogen-bond acceptors (Lipinski definition) is 20. The largest absolute Gasteiger partial charge is 0.481 e. The van der Waals surface area contributed by atoms with Crippen molar-refractivity contribution in [2.24, 2.45) is 40.7 Å². The first kappa shape index (κ1) is 85.1. The highest BCUT2D eigenvalue weighted by molar-refractivity contribution is 6.00. The van der Waals surface area contributed by atoms with Gasteiger partial charge in [-0.1, -0.05) is 96.5 Å². The molecule has 0 saturated carbocycles. The summed E-state index contributed by atoms with van der Waals surface area (Å²) >= 11 is 0. The van der Waals surface area contributed by atoms with Gasteiger partial charge < -0.3 is 112 Å². The van der Waals surface area contributed by atoms with Gasteiger partial charge >= 0.3 is 17.9 Å². The number of nitrogens with one attached hydrogen (secondary N) is 13. The number of carboxylic acid groups (broad SMARTS) is 3. The summed E-state index contributed by atoms with van der Waals surface area (Å²) in [7, 11) is 0. The van der Waals surface area contributed by atoms with Gasteiger partial charge in [0.15, 0.2) is 0 Å². The average Bonchev–Trinajstić information content (AvgIpc) is 1.77. The third-order valence-electron chi connectivity index (χ3n) is 16.3. The second-order valence-corrected chi connectivity index (χ2v) is 24.9. The lowest BCUT2D eigenvalue weighted by Crippen LogP contribution is -2.62. The summed E-state index contributed by atoms with van der Waals surface area (Å²) in [6, 6.07) is -3.30. The number of nitrogens with two attached hydrogens (primary N) is 4. The lowest BCUT2D eigenvalue weighted by Gasteiger charge is -2.30. The number of carbonyl (C=O) groups is 15. The van der Waals surface area contributed by atoms with Crippen LogP contribution >= 0.6 is 0 Å². The number of benzene rings is 2. The number of aromatic amines is 1. The van der Waals surface area contributed by atoms with Crippen molar-refractivity contribution in [1.82, 2.24) is 68.8 Å². The minimum atomic E-state index is -1.91. The van der Waals surface area contributed by atoms with E-state index >= 15 is 0 Å². The number of rotatable bonds is 45. The van der Waals surface area contributed by atoms with Gasteiger partial charge in [-0.3, -0.25) is 71.9 Å². The molecule has 0 bridgehead atoms. The molecule has 36 heteroatoms. The number of para-hydroxylation sites is 1. The zero-order valence-electron chi connectivity index (χ0n) is 57.6. The van der Waals surface area contributed by atoms with E-state index in [2.05, 4.69) is 68.8 Å². The third-order valence-corrected chi connectivity index (χ3v) is 16.3. The lowest BCUT2D eigenvalue weighted by molar-refractivity contribution is -0.142. The molecule has 3 aromatic rings. The predicted molar refractivity (Wildman–Crippen MR) is 364 cm³/mol. The number of aliphatic carboxylic acids is 3. The van der Waals surface area contributed by atoms with Gasteiger partial charge in [0.05, 0.1) is 25.6 Å². The maximum Gasteiger partial charge on any atom is 0.325 e. The Morgan fingerprint density at radius 2 is 0.901 bits per heavy atom. The van der Waals surface area contributed by atoms with Crippen LogP contribution in [0.4, 0.5) is 0 Å². The molecular weight excluding hydrogens is 1320 g/mol. The highest BCUT2D eigenvalue weighted by atomic mass is 16.4. The molecule has 2 aromatic carbocycles. The second kappa shape index (κ2) is 42.7. The molecular formula is C65H99N17O19. The highest BCUT2D eigenvalue weighted by Gasteiger charge is 2.38. The Labute approximate surface area is 583 Å². The molecule has 25 N–H and O–H groups in total. The highest BCUT2D eigenvalue weighted by Crippen LogP contribution is 2.20. The van der Waals surface area contributed by atoms with E-state index in [0.717, 1.165) is 0 Å². The van der Waals surface area contributed by atoms with Gasteiger partial charge in [0, 0.05) is 36.4 Å². The standard InChI is InChI=1S/C65H99N17O19/c1-8-34(6)53(64(99)72-35(7)65(100)101)82-63(98)52(33(4)5)81-57(92)40(18-19-49(85)86)74-58(93)44(26-36-14-10-9-11-15-36)78-56(91)43(22-25-68)75-55(90)42(21-24-67)76-61(96)47(31-83)80-59(94)45(27-37-29-70-39-17-13-12-16-38(37)39)79-60(95)46(28-50(87)88)73-48(84)30-71-54(89)41(20-23-66)77-62(97)51(69)32(2)3/h9-17,29,32-35,40-47,51-53,70,83H,8,18-28,30-31,66-69H2,1-7H3,(H,71,89)(H,72,99)(H,73,84)(H,74,93)(H,75,90)(H,76,96)(H,77,97)(H,78,91)(H,79,95)(H,80,94)(H,81,92)(H,82,98)(H,85,86)(H,87,88)(H,100,101)/t34-,35-,40-,41+,42-,43+,44-,45+,46+,47-,51+,52-,53+/m0/s1. The molecule has 101 heavy (non-hydrogen) atoms. The Morgan fingerprint density at radius 1 is 0.455 bits per heavy atom. The fourth-order valence-corrected chi connectivity index (χ4v) is 10.0. The van der Waals surface area contributed by atoms with Crippen molar-refractivity contribution in [1.29, 1.82) is 0 Å². The molecule has 0 aliphatic carbocycles. The number of carbonyl (C=O) groups excluding carboxylic acids is 12. The number of fused-ring (bicyclic) bond motifs is 1. The van der Waals surface area contributed by atoms with Crippen molar-refractivity contribution in [3.8, 4) is 0 Å². The van der Waals surface area contributed by atoms with Crippen LogP contribution in [-0.2, 0) is 84.8 Å². The Kier molecular flexibility index (Phi) is 36.0. The Morgan fingerprint density at radius 3 is 1.41 bits per heavy atom. The smallest absolute Gasteiger partial charge is 0.325 e. The van der Waals surface area contributed by atoms with Gasteiger partial charge in [-0.05, 0) is 87.2 Å². The minimum Gasteiger partial charge on any atom is -0.481 e. The molecule has 36 nitrogen and oxygen atoms in total. The molecule has 0 fully saturated rings. The monoisotopic (exact) mass is 1420 g/mol. The van der Waals surface area contributed by atoms with E-state index < -0.39 is 206 Å². The van der Waals surface area contributed by atoms with E-state index in [9.17, 15) is 92.3 Å². The van der Waals surface area contributed by atoms with Gasteiger partial charge in [-0.25, -0.2) is 0 Å². The SMILES string of the molecule is CC[C@H](C)[C@@H](NC(=O)[C@@H](NC(=O)[C@H](CCC(=O)O)NC(=O)[C@H](Cc1ccccc1)NC(=O)[C@@H](CCN)NC(=O)[C@H](CCN)NC(=O)[C@H](CO)NC(=O)[C@@H](Cc1c[nH]c2ccccc12)NC(=O)[C@@H](CC(=O)O)NC(=O)CNC(=O)[C@@H](CCN)NC(=O)[C@H](N)C(C)C)C(C)C)C(=O)N[C@@H](C)C(=O)O. The number of aliphatic hydroxyl groups is 1. The third kappa shape index (κ3) is 28.2. The lowest BCUT2D eigenvalue weighted by atomic mass is 9.96. The van der Waals surface area contributed by atoms with E-state index in [1.54, 1.807) is 96.1 Å². The molecule has 558 valence electrons. The van der Waals surface area contributed by atoms with Crippen LogP contribution in [-0.4, -0.2) is 219 Å². The quantitative estimate of drug-likeness (QED) is 0.0251. The molecule has 0 unspecified atom stereocenters. The number of aliphatic hydroxyl groups excluding tert-OH is 1. The van der Waals surface area contributed by atoms with Gasteiger partial charge in [0.2, 0.25) is 70.9 Å². The van der Waals surface area contributed by atoms with E-state index in [1.807, 2.05) is 0 Å². The molecule has 1 aromatic heterocycles. The molecule has 3 rings (SSSR count). The number of amides is 12. The Balaban J connectivity index is 1.90. The van der Waals surface area contributed by atoms with Crippen molar-refractivity contribution >= 4 is 99.7 Å². The first-order valence-electron chi connectivity index (χ1n) is 33.0. The van der Waals surface area contributed by atoms with Crippen molar-refractivity contribution in [2.45, 2.75) is 179 Å².